The van der Waals surface area contributed by atoms with E-state index >= 15 is 0 Å². The van der Waals surface area contributed by atoms with E-state index in [1.54, 1.807) is 18.7 Å². The van der Waals surface area contributed by atoms with Gasteiger partial charge >= 0.3 is 18.0 Å². The van der Waals surface area contributed by atoms with Crippen LogP contribution in [0.1, 0.15) is 48.9 Å². The fourth-order valence-electron chi connectivity index (χ4n) is 6.60. The highest BCUT2D eigenvalue weighted by molar-refractivity contribution is 7.98. The first-order valence-electron chi connectivity index (χ1n) is 15.6. The van der Waals surface area contributed by atoms with Crippen LogP contribution in [0.3, 0.4) is 0 Å². The average Bonchev–Trinajstić information content (AvgIpc) is 3.08. The number of carbonyl (C=O) groups excluding carboxylic acids is 3. The first-order chi connectivity index (χ1) is 22.6. The lowest BCUT2D eigenvalue weighted by atomic mass is 9.68. The molecule has 2 N–H and O–H groups in total. The van der Waals surface area contributed by atoms with E-state index in [9.17, 15) is 14.4 Å². The Balaban J connectivity index is 1.24. The Morgan fingerprint density at radius 2 is 1.62 bits per heavy atom. The number of benzene rings is 3. The number of thioether (sulfide) groups is 1. The predicted molar refractivity (Wildman–Crippen MR) is 201 cm³/mol. The summed E-state index contributed by atoms with van der Waals surface area (Å²) in [5, 5.41) is 8.62. The molecule has 0 aliphatic carbocycles. The number of urea groups is 2. The number of hydrogen-bond acceptors (Lipinski definition) is 6. The van der Waals surface area contributed by atoms with E-state index < -0.39 is 24.1 Å². The molecule has 2 heterocycles. The van der Waals surface area contributed by atoms with Crippen LogP contribution in [0.25, 0.3) is 0 Å². The summed E-state index contributed by atoms with van der Waals surface area (Å²) in [4.78, 5) is 44.5. The number of nitrogens with zero attached hydrogens (tertiary/aromatic N) is 2. The number of carbonyl (C=O) groups is 3. The molecule has 1 saturated heterocycles. The monoisotopic (exact) mass is 708 g/mol. The maximum atomic E-state index is 13.6. The highest BCUT2D eigenvalue weighted by Crippen LogP contribution is 2.42. The van der Waals surface area contributed by atoms with Gasteiger partial charge in [-0.1, -0.05) is 48.5 Å². The summed E-state index contributed by atoms with van der Waals surface area (Å²) >= 11 is 1.76. The van der Waals surface area contributed by atoms with Gasteiger partial charge in [0.15, 0.2) is 0 Å². The summed E-state index contributed by atoms with van der Waals surface area (Å²) in [5.41, 5.74) is 3.87. The van der Waals surface area contributed by atoms with E-state index in [2.05, 4.69) is 98.0 Å². The Morgan fingerprint density at radius 1 is 0.979 bits per heavy atom. The van der Waals surface area contributed by atoms with E-state index in [1.165, 1.54) is 28.4 Å². The fraction of sp³-hybridized carbons (Fsp3) is 0.343. The topological polar surface area (TPSA) is 91.0 Å². The SMILES string of the molecule is COC(=O)C1=C(C)NC(=O)N(C(=O)NCCCN2CCC(c3ccc(P)cc3)(c3ccc(SC)cc3)CC2)C1c1ccc(P)c(P)c1. The van der Waals surface area contributed by atoms with Crippen LogP contribution in [-0.4, -0.2) is 67.4 Å². The minimum Gasteiger partial charge on any atom is -0.466 e. The second kappa shape index (κ2) is 15.6. The molecule has 12 heteroatoms. The van der Waals surface area contributed by atoms with Gasteiger partial charge in [-0.05, 0) is 103 Å². The minimum absolute atomic E-state index is 0.0504. The van der Waals surface area contributed by atoms with Gasteiger partial charge in [-0.15, -0.1) is 39.5 Å². The first kappa shape index (κ1) is 35.5. The molecule has 4 amide bonds. The number of methoxy groups -OCH3 is 1. The van der Waals surface area contributed by atoms with Gasteiger partial charge in [-0.3, -0.25) is 0 Å². The summed E-state index contributed by atoms with van der Waals surface area (Å²) in [6, 6.07) is 21.3. The highest BCUT2D eigenvalue weighted by atomic mass is 32.2. The van der Waals surface area contributed by atoms with E-state index in [-0.39, 0.29) is 11.0 Å². The molecule has 3 aromatic carbocycles. The van der Waals surface area contributed by atoms with Gasteiger partial charge in [0.1, 0.15) is 6.04 Å². The molecule has 2 aliphatic rings. The number of allylic oxidation sites excluding steroid dienone is 1. The molecule has 1 fully saturated rings. The van der Waals surface area contributed by atoms with E-state index in [0.29, 0.717) is 17.8 Å². The van der Waals surface area contributed by atoms with Crippen molar-refractivity contribution in [1.29, 1.82) is 0 Å². The number of amides is 4. The molecule has 0 radical (unpaired) electrons. The molecule has 0 saturated carbocycles. The number of hydrogen-bond donors (Lipinski definition) is 2. The van der Waals surface area contributed by atoms with Gasteiger partial charge in [-0.25, -0.2) is 19.3 Å². The van der Waals surface area contributed by atoms with Crippen molar-refractivity contribution < 1.29 is 19.1 Å². The second-order valence-corrected chi connectivity index (χ2v) is 14.8. The molecule has 0 bridgehead atoms. The molecule has 0 spiro atoms. The van der Waals surface area contributed by atoms with Crippen molar-refractivity contribution in [2.75, 3.05) is 39.5 Å². The lowest BCUT2D eigenvalue weighted by Gasteiger charge is -2.43. The molecule has 248 valence electrons. The smallest absolute Gasteiger partial charge is 0.337 e. The number of esters is 1. The maximum absolute atomic E-state index is 13.6. The van der Waals surface area contributed by atoms with Crippen LogP contribution in [-0.2, 0) is 14.9 Å². The van der Waals surface area contributed by atoms with E-state index in [1.807, 2.05) is 18.2 Å². The third-order valence-electron chi connectivity index (χ3n) is 9.24. The van der Waals surface area contributed by atoms with Crippen molar-refractivity contribution >= 4 is 73.4 Å². The molecular formula is C35H43N4O4P3S. The molecular weight excluding hydrogens is 665 g/mol. The van der Waals surface area contributed by atoms with Gasteiger partial charge in [0.05, 0.1) is 12.7 Å². The predicted octanol–water partition coefficient (Wildman–Crippen LogP) is 4.60. The van der Waals surface area contributed by atoms with Gasteiger partial charge < -0.3 is 20.3 Å². The Hall–Kier alpha value is -2.79. The maximum Gasteiger partial charge on any atom is 0.337 e. The summed E-state index contributed by atoms with van der Waals surface area (Å²) < 4.78 is 5.06. The van der Waals surface area contributed by atoms with Crippen LogP contribution in [0.4, 0.5) is 9.59 Å². The van der Waals surface area contributed by atoms with Gasteiger partial charge in [0.2, 0.25) is 0 Å². The van der Waals surface area contributed by atoms with E-state index in [4.69, 9.17) is 4.74 Å². The lowest BCUT2D eigenvalue weighted by molar-refractivity contribution is -0.136. The quantitative estimate of drug-likeness (QED) is 0.146. The van der Waals surface area contributed by atoms with Crippen molar-refractivity contribution in [3.8, 4) is 0 Å². The van der Waals surface area contributed by atoms with Crippen LogP contribution in [0, 0.1) is 0 Å². The molecule has 4 atom stereocenters. The third kappa shape index (κ3) is 7.77. The zero-order valence-corrected chi connectivity index (χ0v) is 31.3. The van der Waals surface area contributed by atoms with Crippen molar-refractivity contribution in [2.45, 2.75) is 42.5 Å². The number of nitrogens with one attached hydrogen (secondary N) is 2. The van der Waals surface area contributed by atoms with Crippen LogP contribution in [0.5, 0.6) is 0 Å². The van der Waals surface area contributed by atoms with E-state index in [0.717, 1.165) is 54.4 Å². The number of likely N-dealkylation sites (tertiary alicyclic amines) is 1. The van der Waals surface area contributed by atoms with Crippen molar-refractivity contribution in [3.63, 3.8) is 0 Å². The third-order valence-corrected chi connectivity index (χ3v) is 11.7. The summed E-state index contributed by atoms with van der Waals surface area (Å²) in [5.74, 6) is -0.601. The normalized spacial score (nSPS) is 18.1. The molecule has 2 aliphatic heterocycles. The largest absolute Gasteiger partial charge is 0.466 e. The summed E-state index contributed by atoms with van der Waals surface area (Å²) in [7, 11) is 9.36. The Morgan fingerprint density at radius 3 is 2.21 bits per heavy atom. The van der Waals surface area contributed by atoms with Gasteiger partial charge in [0.25, 0.3) is 0 Å². The minimum atomic E-state index is -0.929. The van der Waals surface area contributed by atoms with Gasteiger partial charge in [-0.2, -0.15) is 0 Å². The molecule has 3 aromatic rings. The zero-order chi connectivity index (χ0) is 33.7. The van der Waals surface area contributed by atoms with Crippen LogP contribution in [0.2, 0.25) is 0 Å². The van der Waals surface area contributed by atoms with Crippen molar-refractivity contribution in [3.05, 3.63) is 94.7 Å². The zero-order valence-electron chi connectivity index (χ0n) is 27.0. The average molecular weight is 709 g/mol. The molecule has 4 unspecified atom stereocenters. The van der Waals surface area contributed by atoms with Gasteiger partial charge in [0, 0.05) is 22.6 Å². The van der Waals surface area contributed by atoms with Crippen LogP contribution >= 0.6 is 39.5 Å². The molecule has 8 nitrogen and oxygen atoms in total. The Bertz CT molecular complexity index is 1660. The molecule has 0 aromatic heterocycles. The number of rotatable bonds is 9. The number of piperidine rings is 1. The van der Waals surface area contributed by atoms with Crippen molar-refractivity contribution in [1.82, 2.24) is 20.4 Å². The summed E-state index contributed by atoms with van der Waals surface area (Å²) in [6.45, 7) is 4.72. The first-order valence-corrected chi connectivity index (χ1v) is 18.6. The van der Waals surface area contributed by atoms with Crippen LogP contribution < -0.4 is 26.5 Å². The summed E-state index contributed by atoms with van der Waals surface area (Å²) in [6.07, 6.45) is 4.82. The molecule has 5 rings (SSSR count). The highest BCUT2D eigenvalue weighted by Gasteiger charge is 2.42. The second-order valence-electron chi connectivity index (χ2n) is 12.0. The fourth-order valence-corrected chi connectivity index (χ4v) is 7.67. The Kier molecular flexibility index (Phi) is 11.8. The Labute approximate surface area is 288 Å². The van der Waals surface area contributed by atoms with Crippen molar-refractivity contribution in [2.24, 2.45) is 0 Å². The number of imide groups is 1. The molecule has 47 heavy (non-hydrogen) atoms. The lowest BCUT2D eigenvalue weighted by Crippen LogP contribution is -2.54. The number of ether oxygens (including phenoxy) is 1. The van der Waals surface area contributed by atoms with Crippen LogP contribution in [0.15, 0.2) is 82.9 Å². The standard InChI is InChI=1S/C35H43N4O4P3S/c1-22-30(32(40)43-2)31(23-5-14-28(45)29(46)21-23)39(34(42)37-22)33(41)36-17-4-18-38-19-15-35(16-20-38,24-6-10-26(44)11-7-24)25-8-12-27(47-3)13-9-25/h5-14,21,31H,4,15-20,44-46H2,1-3H3,(H,36,41)(H,37,42).